The van der Waals surface area contributed by atoms with Gasteiger partial charge in [0.15, 0.2) is 0 Å². The summed E-state index contributed by atoms with van der Waals surface area (Å²) in [6.45, 7) is 2.33. The number of carboxylic acids is 1. The molecule has 0 saturated carbocycles. The van der Waals surface area contributed by atoms with E-state index < -0.39 is 5.97 Å². The molecule has 8 nitrogen and oxygen atoms in total. The molecule has 94 valence electrons. The average molecular weight is 243 g/mol. The second kappa shape index (κ2) is 5.60. The minimum Gasteiger partial charge on any atom is -0.480 e. The first kappa shape index (κ1) is 11.8. The summed E-state index contributed by atoms with van der Waals surface area (Å²) in [7, 11) is 0. The zero-order valence-electron chi connectivity index (χ0n) is 9.16. The second-order valence-electron chi connectivity index (χ2n) is 3.47. The average Bonchev–Trinajstić information content (AvgIpc) is 2.78. The molecule has 0 atom stereocenters. The number of nitrogens with zero attached hydrogens (tertiary/aromatic N) is 3. The predicted octanol–water partition coefficient (Wildman–Crippen LogP) is -0.493. The molecule has 1 N–H and O–H groups in total. The Labute approximate surface area is 97.1 Å². The first-order valence-corrected chi connectivity index (χ1v) is 5.20. The highest BCUT2D eigenvalue weighted by Gasteiger charge is 2.17. The molecule has 1 saturated heterocycles. The predicted molar refractivity (Wildman–Crippen MR) is 54.6 cm³/mol. The van der Waals surface area contributed by atoms with Crippen LogP contribution in [0.25, 0.3) is 0 Å². The quantitative estimate of drug-likeness (QED) is 0.739. The molecular formula is C9H13N3O5. The summed E-state index contributed by atoms with van der Waals surface area (Å²) in [6, 6.07) is 0. The summed E-state index contributed by atoms with van der Waals surface area (Å²) in [5, 5.41) is 12.2. The van der Waals surface area contributed by atoms with Crippen molar-refractivity contribution in [2.24, 2.45) is 0 Å². The number of morpholine rings is 1. The Balaban J connectivity index is 1.84. The van der Waals surface area contributed by atoms with Crippen molar-refractivity contribution in [1.29, 1.82) is 0 Å². The van der Waals surface area contributed by atoms with Crippen molar-refractivity contribution in [3.05, 3.63) is 5.89 Å². The molecule has 2 heterocycles. The number of ether oxygens (including phenoxy) is 2. The van der Waals surface area contributed by atoms with Crippen LogP contribution in [-0.4, -0.2) is 54.1 Å². The minimum atomic E-state index is -1.03. The Bertz CT molecular complexity index is 374. The van der Waals surface area contributed by atoms with Gasteiger partial charge in [0.25, 0.3) is 11.8 Å². The van der Waals surface area contributed by atoms with Gasteiger partial charge in [-0.1, -0.05) is 0 Å². The molecule has 0 aromatic carbocycles. The topological polar surface area (TPSA) is 97.9 Å². The van der Waals surface area contributed by atoms with Gasteiger partial charge in [0, 0.05) is 13.1 Å². The Morgan fingerprint density at radius 2 is 2.24 bits per heavy atom. The SMILES string of the molecule is O=C(O)COCc1nc(N2CCOCC2)no1. The summed E-state index contributed by atoms with van der Waals surface area (Å²) in [5.41, 5.74) is 0. The smallest absolute Gasteiger partial charge is 0.329 e. The van der Waals surface area contributed by atoms with E-state index in [1.165, 1.54) is 0 Å². The molecule has 1 aromatic rings. The third kappa shape index (κ3) is 3.40. The van der Waals surface area contributed by atoms with Crippen LogP contribution < -0.4 is 4.90 Å². The van der Waals surface area contributed by atoms with Gasteiger partial charge in [0.1, 0.15) is 13.2 Å². The van der Waals surface area contributed by atoms with Crippen molar-refractivity contribution in [2.75, 3.05) is 37.8 Å². The fourth-order valence-electron chi connectivity index (χ4n) is 1.42. The highest BCUT2D eigenvalue weighted by Crippen LogP contribution is 2.11. The second-order valence-corrected chi connectivity index (χ2v) is 3.47. The summed E-state index contributed by atoms with van der Waals surface area (Å²) in [6.07, 6.45) is 0. The summed E-state index contributed by atoms with van der Waals surface area (Å²) < 4.78 is 15.0. The van der Waals surface area contributed by atoms with Gasteiger partial charge in [-0.2, -0.15) is 4.98 Å². The number of rotatable bonds is 5. The summed E-state index contributed by atoms with van der Waals surface area (Å²) in [5.74, 6) is -0.270. The Kier molecular flexibility index (Phi) is 3.89. The van der Waals surface area contributed by atoms with E-state index in [0.717, 1.165) is 13.1 Å². The van der Waals surface area contributed by atoms with E-state index in [0.29, 0.717) is 19.2 Å². The molecule has 0 radical (unpaired) electrons. The number of hydrogen-bond acceptors (Lipinski definition) is 7. The van der Waals surface area contributed by atoms with Gasteiger partial charge in [0.2, 0.25) is 0 Å². The van der Waals surface area contributed by atoms with Crippen LogP contribution in [0.3, 0.4) is 0 Å². The van der Waals surface area contributed by atoms with Gasteiger partial charge in [-0.05, 0) is 5.16 Å². The third-order valence-electron chi connectivity index (χ3n) is 2.20. The number of aliphatic carboxylic acids is 1. The van der Waals surface area contributed by atoms with Crippen LogP contribution in [0.2, 0.25) is 0 Å². The fourth-order valence-corrected chi connectivity index (χ4v) is 1.42. The van der Waals surface area contributed by atoms with E-state index in [1.807, 2.05) is 4.90 Å². The summed E-state index contributed by atoms with van der Waals surface area (Å²) >= 11 is 0. The van der Waals surface area contributed by atoms with Crippen molar-refractivity contribution < 1.29 is 23.9 Å². The zero-order chi connectivity index (χ0) is 12.1. The molecule has 0 bridgehead atoms. The van der Waals surface area contributed by atoms with Crippen LogP contribution >= 0.6 is 0 Å². The monoisotopic (exact) mass is 243 g/mol. The van der Waals surface area contributed by atoms with E-state index in [9.17, 15) is 4.79 Å². The maximum atomic E-state index is 10.2. The molecule has 8 heteroatoms. The van der Waals surface area contributed by atoms with Crippen molar-refractivity contribution >= 4 is 11.9 Å². The van der Waals surface area contributed by atoms with Crippen molar-refractivity contribution in [2.45, 2.75) is 6.61 Å². The highest BCUT2D eigenvalue weighted by molar-refractivity contribution is 5.67. The molecule has 1 aliphatic heterocycles. The lowest BCUT2D eigenvalue weighted by Crippen LogP contribution is -2.36. The van der Waals surface area contributed by atoms with Gasteiger partial charge < -0.3 is 24.0 Å². The lowest BCUT2D eigenvalue weighted by Gasteiger charge is -2.24. The fraction of sp³-hybridized carbons (Fsp3) is 0.667. The molecule has 0 aliphatic carbocycles. The van der Waals surface area contributed by atoms with Crippen LogP contribution in [0.4, 0.5) is 5.95 Å². The van der Waals surface area contributed by atoms with Crippen LogP contribution in [0.15, 0.2) is 4.52 Å². The molecule has 1 fully saturated rings. The molecule has 1 aromatic heterocycles. The number of carboxylic acid groups (broad SMARTS) is 1. The number of hydrogen-bond donors (Lipinski definition) is 1. The normalized spacial score (nSPS) is 16.1. The number of aromatic nitrogens is 2. The van der Waals surface area contributed by atoms with E-state index >= 15 is 0 Å². The summed E-state index contributed by atoms with van der Waals surface area (Å²) in [4.78, 5) is 16.3. The minimum absolute atomic E-state index is 0.00361. The molecule has 0 amide bonds. The van der Waals surface area contributed by atoms with Crippen molar-refractivity contribution in [3.63, 3.8) is 0 Å². The lowest BCUT2D eigenvalue weighted by atomic mass is 10.4. The van der Waals surface area contributed by atoms with Crippen molar-refractivity contribution in [1.82, 2.24) is 10.1 Å². The number of anilines is 1. The maximum absolute atomic E-state index is 10.2. The largest absolute Gasteiger partial charge is 0.480 e. The van der Waals surface area contributed by atoms with E-state index in [1.54, 1.807) is 0 Å². The number of carbonyl (C=O) groups is 1. The Morgan fingerprint density at radius 1 is 1.47 bits per heavy atom. The Hall–Kier alpha value is -1.67. The van der Waals surface area contributed by atoms with E-state index in [-0.39, 0.29) is 19.1 Å². The van der Waals surface area contributed by atoms with E-state index in [4.69, 9.17) is 19.1 Å². The van der Waals surface area contributed by atoms with Crippen LogP contribution in [0.1, 0.15) is 5.89 Å². The maximum Gasteiger partial charge on any atom is 0.329 e. The van der Waals surface area contributed by atoms with E-state index in [2.05, 4.69) is 10.1 Å². The molecule has 0 spiro atoms. The van der Waals surface area contributed by atoms with Crippen LogP contribution in [0, 0.1) is 0 Å². The van der Waals surface area contributed by atoms with Gasteiger partial charge >= 0.3 is 5.97 Å². The molecular weight excluding hydrogens is 230 g/mol. The Morgan fingerprint density at radius 3 is 2.94 bits per heavy atom. The van der Waals surface area contributed by atoms with Crippen LogP contribution in [-0.2, 0) is 20.9 Å². The first-order valence-electron chi connectivity index (χ1n) is 5.20. The zero-order valence-corrected chi connectivity index (χ0v) is 9.16. The van der Waals surface area contributed by atoms with Gasteiger partial charge in [-0.3, -0.25) is 0 Å². The molecule has 2 rings (SSSR count). The third-order valence-corrected chi connectivity index (χ3v) is 2.20. The first-order chi connectivity index (χ1) is 8.25. The highest BCUT2D eigenvalue weighted by atomic mass is 16.5. The lowest BCUT2D eigenvalue weighted by molar-refractivity contribution is -0.142. The standard InChI is InChI=1S/C9H13N3O5/c13-8(14)6-16-5-7-10-9(11-17-7)12-1-3-15-4-2-12/h1-6H2,(H,13,14). The van der Waals surface area contributed by atoms with Crippen LogP contribution in [0.5, 0.6) is 0 Å². The van der Waals surface area contributed by atoms with Gasteiger partial charge in [-0.15, -0.1) is 0 Å². The van der Waals surface area contributed by atoms with Crippen molar-refractivity contribution in [3.8, 4) is 0 Å². The van der Waals surface area contributed by atoms with Gasteiger partial charge in [0.05, 0.1) is 13.2 Å². The molecule has 0 unspecified atom stereocenters. The van der Waals surface area contributed by atoms with Gasteiger partial charge in [-0.25, -0.2) is 4.79 Å². The molecule has 1 aliphatic rings. The molecule has 17 heavy (non-hydrogen) atoms.